The van der Waals surface area contributed by atoms with Gasteiger partial charge < -0.3 is 25.8 Å². The predicted octanol–water partition coefficient (Wildman–Crippen LogP) is 2.78. The van der Waals surface area contributed by atoms with E-state index < -0.39 is 12.1 Å². The number of hydrogen-bond acceptors (Lipinski definition) is 5. The molecule has 2 amide bonds. The van der Waals surface area contributed by atoms with Crippen LogP contribution in [0.1, 0.15) is 6.92 Å². The number of piperazine rings is 1. The van der Waals surface area contributed by atoms with Gasteiger partial charge in [0, 0.05) is 48.6 Å². The molecule has 1 saturated heterocycles. The molecule has 3 rings (SSSR count). The number of nitrogens with two attached hydrogens (primary N) is 1. The van der Waals surface area contributed by atoms with Gasteiger partial charge in [0.05, 0.1) is 0 Å². The van der Waals surface area contributed by atoms with Crippen molar-refractivity contribution in [3.63, 3.8) is 0 Å². The van der Waals surface area contributed by atoms with E-state index in [-0.39, 0.29) is 6.61 Å². The molecule has 1 fully saturated rings. The van der Waals surface area contributed by atoms with E-state index in [1.807, 2.05) is 24.3 Å². The van der Waals surface area contributed by atoms with Crippen molar-refractivity contribution in [2.45, 2.75) is 19.1 Å². The molecule has 0 saturated carbocycles. The zero-order chi connectivity index (χ0) is 20.8. The van der Waals surface area contributed by atoms with Crippen LogP contribution in [0.25, 0.3) is 0 Å². The summed E-state index contributed by atoms with van der Waals surface area (Å²) in [5, 5.41) is 13.6. The van der Waals surface area contributed by atoms with E-state index in [1.165, 1.54) is 5.69 Å². The predicted molar refractivity (Wildman–Crippen MR) is 116 cm³/mol. The molecule has 2 aromatic rings. The Kier molecular flexibility index (Phi) is 7.19. The number of benzene rings is 2. The molecule has 29 heavy (non-hydrogen) atoms. The number of urea groups is 1. The number of ether oxygens (including phenoxy) is 1. The Labute approximate surface area is 176 Å². The fraction of sp³-hybridized carbons (Fsp3) is 0.381. The molecule has 1 aliphatic heterocycles. The van der Waals surface area contributed by atoms with Crippen LogP contribution in [0.4, 0.5) is 16.2 Å². The quantitative estimate of drug-likeness (QED) is 0.643. The molecule has 4 N–H and O–H groups in total. The number of β-amino-alcohol motifs (C(OH)–C–C–N with tert-alkyl or cyclic N) is 1. The molecule has 7 nitrogen and oxygen atoms in total. The van der Waals surface area contributed by atoms with Crippen molar-refractivity contribution in [1.29, 1.82) is 0 Å². The number of carbonyl (C=O) groups excluding carboxylic acids is 1. The monoisotopic (exact) mass is 418 g/mol. The summed E-state index contributed by atoms with van der Waals surface area (Å²) in [6, 6.07) is 14.4. The number of amides is 2. The third kappa shape index (κ3) is 6.25. The number of nitrogens with one attached hydrogen (secondary N) is 1. The Balaban J connectivity index is 1.44. The van der Waals surface area contributed by atoms with Gasteiger partial charge in [-0.1, -0.05) is 11.6 Å². The fourth-order valence-electron chi connectivity index (χ4n) is 3.45. The number of anilines is 2. The summed E-state index contributed by atoms with van der Waals surface area (Å²) in [7, 11) is 0. The van der Waals surface area contributed by atoms with Crippen LogP contribution in [-0.4, -0.2) is 61.0 Å². The van der Waals surface area contributed by atoms with Crippen LogP contribution in [0, 0.1) is 0 Å². The van der Waals surface area contributed by atoms with Gasteiger partial charge in [0.2, 0.25) is 0 Å². The molecule has 2 aromatic carbocycles. The highest BCUT2D eigenvalue weighted by molar-refractivity contribution is 6.30. The van der Waals surface area contributed by atoms with Crippen LogP contribution >= 0.6 is 11.6 Å². The van der Waals surface area contributed by atoms with Gasteiger partial charge in [-0.05, 0) is 55.5 Å². The van der Waals surface area contributed by atoms with Gasteiger partial charge >= 0.3 is 6.03 Å². The molecule has 2 atom stereocenters. The highest BCUT2D eigenvalue weighted by atomic mass is 35.5. The molecule has 156 valence electrons. The first-order valence-corrected chi connectivity index (χ1v) is 10.0. The van der Waals surface area contributed by atoms with Gasteiger partial charge in [0.15, 0.2) is 0 Å². The lowest BCUT2D eigenvalue weighted by Crippen LogP contribution is -2.54. The summed E-state index contributed by atoms with van der Waals surface area (Å²) in [5.74, 6) is 0.625. The van der Waals surface area contributed by atoms with Crippen LogP contribution in [0.5, 0.6) is 5.75 Å². The Hall–Kier alpha value is -2.48. The van der Waals surface area contributed by atoms with Gasteiger partial charge in [0.25, 0.3) is 0 Å². The molecular formula is C21H27ClN4O3. The maximum absolute atomic E-state index is 10.8. The molecule has 0 aliphatic carbocycles. The van der Waals surface area contributed by atoms with E-state index in [1.54, 1.807) is 24.3 Å². The lowest BCUT2D eigenvalue weighted by Gasteiger charge is -2.41. The first-order valence-electron chi connectivity index (χ1n) is 9.62. The minimum atomic E-state index is -0.612. The summed E-state index contributed by atoms with van der Waals surface area (Å²) in [5.41, 5.74) is 6.84. The Morgan fingerprint density at radius 2 is 1.93 bits per heavy atom. The van der Waals surface area contributed by atoms with Gasteiger partial charge in [-0.15, -0.1) is 0 Å². The second-order valence-electron chi connectivity index (χ2n) is 7.24. The number of aliphatic hydroxyl groups is 1. The average molecular weight is 419 g/mol. The molecule has 0 aromatic heterocycles. The summed E-state index contributed by atoms with van der Waals surface area (Å²) in [4.78, 5) is 15.4. The minimum Gasteiger partial charge on any atom is -0.491 e. The van der Waals surface area contributed by atoms with Crippen LogP contribution < -0.4 is 20.7 Å². The van der Waals surface area contributed by atoms with Gasteiger partial charge in [-0.3, -0.25) is 4.90 Å². The summed E-state index contributed by atoms with van der Waals surface area (Å²) in [6.45, 7) is 5.58. The Morgan fingerprint density at radius 3 is 2.55 bits per heavy atom. The van der Waals surface area contributed by atoms with E-state index in [2.05, 4.69) is 22.0 Å². The molecule has 1 unspecified atom stereocenters. The van der Waals surface area contributed by atoms with Gasteiger partial charge in [-0.2, -0.15) is 0 Å². The number of halogens is 1. The lowest BCUT2D eigenvalue weighted by atomic mass is 10.1. The van der Waals surface area contributed by atoms with E-state index in [0.29, 0.717) is 24.0 Å². The number of hydrogen-bond donors (Lipinski definition) is 3. The second kappa shape index (κ2) is 9.82. The molecule has 0 bridgehead atoms. The Bertz CT molecular complexity index is 801. The molecule has 1 heterocycles. The smallest absolute Gasteiger partial charge is 0.316 e. The normalized spacial score (nSPS) is 18.3. The van der Waals surface area contributed by atoms with E-state index in [9.17, 15) is 9.90 Å². The molecule has 8 heteroatoms. The number of nitrogens with zero attached hydrogens (tertiary/aromatic N) is 2. The van der Waals surface area contributed by atoms with Crippen molar-refractivity contribution in [1.82, 2.24) is 4.90 Å². The van der Waals surface area contributed by atoms with Crippen molar-refractivity contribution in [3.05, 3.63) is 53.6 Å². The topological polar surface area (TPSA) is 91.1 Å². The number of aliphatic hydroxyl groups excluding tert-OH is 1. The Morgan fingerprint density at radius 1 is 1.24 bits per heavy atom. The zero-order valence-electron chi connectivity index (χ0n) is 16.4. The third-order valence-electron chi connectivity index (χ3n) is 4.97. The largest absolute Gasteiger partial charge is 0.491 e. The number of rotatable bonds is 7. The summed E-state index contributed by atoms with van der Waals surface area (Å²) in [6.07, 6.45) is -0.594. The number of primary amides is 1. The van der Waals surface area contributed by atoms with Crippen molar-refractivity contribution in [2.75, 3.05) is 43.0 Å². The number of carbonyl (C=O) groups is 1. The SMILES string of the molecule is CC1CN(c2ccc(Cl)cc2)CCN1C[C@H](O)COc1ccc(NC(N)=O)cc1. The zero-order valence-corrected chi connectivity index (χ0v) is 17.2. The minimum absolute atomic E-state index is 0.201. The van der Waals surface area contributed by atoms with Crippen LogP contribution in [0.3, 0.4) is 0 Å². The van der Waals surface area contributed by atoms with E-state index in [4.69, 9.17) is 22.1 Å². The first-order chi connectivity index (χ1) is 13.9. The molecule has 1 aliphatic rings. The van der Waals surface area contributed by atoms with Gasteiger partial charge in [-0.25, -0.2) is 4.79 Å². The van der Waals surface area contributed by atoms with Crippen molar-refractivity contribution < 1.29 is 14.6 Å². The van der Waals surface area contributed by atoms with Crippen molar-refractivity contribution in [3.8, 4) is 5.75 Å². The third-order valence-corrected chi connectivity index (χ3v) is 5.22. The standard InChI is InChI=1S/C21H27ClN4O3/c1-15-12-26(18-6-2-16(22)3-7-18)11-10-25(15)13-19(27)14-29-20-8-4-17(5-9-20)24-21(23)28/h2-9,15,19,27H,10-14H2,1H3,(H3,23,24,28)/t15?,19-/m0/s1. The van der Waals surface area contributed by atoms with Crippen LogP contribution in [-0.2, 0) is 0 Å². The summed E-state index contributed by atoms with van der Waals surface area (Å²) >= 11 is 5.97. The van der Waals surface area contributed by atoms with E-state index >= 15 is 0 Å². The van der Waals surface area contributed by atoms with Crippen LogP contribution in [0.2, 0.25) is 5.02 Å². The highest BCUT2D eigenvalue weighted by Gasteiger charge is 2.25. The lowest BCUT2D eigenvalue weighted by molar-refractivity contribution is 0.0512. The average Bonchev–Trinajstić information content (AvgIpc) is 2.69. The maximum atomic E-state index is 10.8. The van der Waals surface area contributed by atoms with Crippen LogP contribution in [0.15, 0.2) is 48.5 Å². The van der Waals surface area contributed by atoms with Gasteiger partial charge in [0.1, 0.15) is 18.5 Å². The molecule has 0 spiro atoms. The molecule has 0 radical (unpaired) electrons. The highest BCUT2D eigenvalue weighted by Crippen LogP contribution is 2.22. The van der Waals surface area contributed by atoms with Crippen molar-refractivity contribution >= 4 is 29.0 Å². The maximum Gasteiger partial charge on any atom is 0.316 e. The first kappa shape index (κ1) is 21.2. The van der Waals surface area contributed by atoms with Crippen molar-refractivity contribution in [2.24, 2.45) is 5.73 Å². The van der Waals surface area contributed by atoms with E-state index in [0.717, 1.165) is 24.7 Å². The molecular weight excluding hydrogens is 392 g/mol. The fourth-order valence-corrected chi connectivity index (χ4v) is 3.57. The second-order valence-corrected chi connectivity index (χ2v) is 7.68. The summed E-state index contributed by atoms with van der Waals surface area (Å²) < 4.78 is 5.66.